The summed E-state index contributed by atoms with van der Waals surface area (Å²) in [4.78, 5) is 11.0. The van der Waals surface area contributed by atoms with Crippen molar-refractivity contribution in [3.8, 4) is 0 Å². The van der Waals surface area contributed by atoms with E-state index in [0.29, 0.717) is 0 Å². The highest BCUT2D eigenvalue weighted by atomic mass is 79.9. The quantitative estimate of drug-likeness (QED) is 0.867. The summed E-state index contributed by atoms with van der Waals surface area (Å²) < 4.78 is 5.53. The highest BCUT2D eigenvalue weighted by Crippen LogP contribution is 2.17. The smallest absolute Gasteiger partial charge is 0.307 e. The number of benzene rings is 1. The monoisotopic (exact) mass is 329 g/mol. The summed E-state index contributed by atoms with van der Waals surface area (Å²) in [5.74, 6) is -0.291. The second kappa shape index (κ2) is 8.82. The molecule has 0 heterocycles. The Morgan fingerprint density at radius 1 is 1.38 bits per heavy atom. The fourth-order valence-electron chi connectivity index (χ4n) is 1.09. The first-order chi connectivity index (χ1) is 6.63. The predicted molar refractivity (Wildman–Crippen MR) is 72.2 cm³/mol. The summed E-state index contributed by atoms with van der Waals surface area (Å²) in [5.41, 5.74) is 6.73. The zero-order valence-electron chi connectivity index (χ0n) is 8.68. The number of carbonyl (C=O) groups excluding carboxylic acids is 1. The molecule has 0 aromatic heterocycles. The van der Waals surface area contributed by atoms with E-state index in [2.05, 4.69) is 20.7 Å². The second-order valence-corrected chi connectivity index (χ2v) is 3.85. The van der Waals surface area contributed by atoms with Crippen LogP contribution in [-0.2, 0) is 9.53 Å². The van der Waals surface area contributed by atoms with E-state index in [4.69, 9.17) is 5.73 Å². The van der Waals surface area contributed by atoms with Crippen LogP contribution >= 0.6 is 40.7 Å². The van der Waals surface area contributed by atoms with Crippen molar-refractivity contribution in [2.45, 2.75) is 12.5 Å². The first kappa shape index (κ1) is 18.1. The fraction of sp³-hybridized carbons (Fsp3) is 0.300. The zero-order valence-corrected chi connectivity index (χ0v) is 11.9. The Morgan fingerprint density at radius 2 is 1.88 bits per heavy atom. The summed E-state index contributed by atoms with van der Waals surface area (Å²) in [6, 6.07) is 7.27. The molecule has 1 aromatic rings. The summed E-state index contributed by atoms with van der Waals surface area (Å²) in [6.07, 6.45) is 0.206. The minimum atomic E-state index is -0.296. The lowest BCUT2D eigenvalue weighted by Crippen LogP contribution is -2.16. The number of halogens is 3. The fourth-order valence-corrected chi connectivity index (χ4v) is 1.36. The lowest BCUT2D eigenvalue weighted by Gasteiger charge is -2.10. The van der Waals surface area contributed by atoms with Gasteiger partial charge in [-0.25, -0.2) is 0 Å². The van der Waals surface area contributed by atoms with E-state index >= 15 is 0 Å². The van der Waals surface area contributed by atoms with Gasteiger partial charge in [0, 0.05) is 10.5 Å². The highest BCUT2D eigenvalue weighted by molar-refractivity contribution is 9.10. The molecule has 3 nitrogen and oxygen atoms in total. The molecule has 0 aliphatic carbocycles. The van der Waals surface area contributed by atoms with Gasteiger partial charge in [-0.05, 0) is 17.7 Å². The van der Waals surface area contributed by atoms with Crippen LogP contribution in [0.4, 0.5) is 0 Å². The number of esters is 1. The van der Waals surface area contributed by atoms with Crippen LogP contribution in [0.1, 0.15) is 18.0 Å². The summed E-state index contributed by atoms with van der Waals surface area (Å²) in [5, 5.41) is 0. The third-order valence-electron chi connectivity index (χ3n) is 1.91. The zero-order chi connectivity index (χ0) is 10.6. The molecule has 1 unspecified atom stereocenters. The predicted octanol–water partition coefficient (Wildman–Crippen LogP) is 2.86. The molecule has 1 atom stereocenters. The van der Waals surface area contributed by atoms with Crippen LogP contribution in [0.2, 0.25) is 0 Å². The number of hydrogen-bond acceptors (Lipinski definition) is 3. The topological polar surface area (TPSA) is 52.3 Å². The van der Waals surface area contributed by atoms with E-state index in [9.17, 15) is 4.79 Å². The van der Waals surface area contributed by atoms with Crippen LogP contribution in [0.5, 0.6) is 0 Å². The Balaban J connectivity index is 0. The summed E-state index contributed by atoms with van der Waals surface area (Å²) in [7, 11) is 1.36. The highest BCUT2D eigenvalue weighted by Gasteiger charge is 2.11. The maximum absolute atomic E-state index is 11.0. The molecular formula is C10H14BrCl2NO2. The molecule has 1 rings (SSSR count). The SMILES string of the molecule is COC(=O)CC(N)c1ccc(Br)cc1.Cl.Cl. The molecule has 92 valence electrons. The summed E-state index contributed by atoms with van der Waals surface area (Å²) in [6.45, 7) is 0. The lowest BCUT2D eigenvalue weighted by molar-refractivity contribution is -0.141. The van der Waals surface area contributed by atoms with Gasteiger partial charge >= 0.3 is 5.97 Å². The van der Waals surface area contributed by atoms with Crippen molar-refractivity contribution >= 4 is 46.7 Å². The van der Waals surface area contributed by atoms with Crippen LogP contribution in [0.3, 0.4) is 0 Å². The Bertz CT molecular complexity index is 319. The number of carbonyl (C=O) groups is 1. The number of ether oxygens (including phenoxy) is 1. The molecule has 0 bridgehead atoms. The molecule has 0 saturated carbocycles. The van der Waals surface area contributed by atoms with E-state index in [1.165, 1.54) is 7.11 Å². The van der Waals surface area contributed by atoms with Gasteiger partial charge in [0.05, 0.1) is 13.5 Å². The average molecular weight is 331 g/mol. The molecular weight excluding hydrogens is 317 g/mol. The van der Waals surface area contributed by atoms with Gasteiger partial charge in [0.15, 0.2) is 0 Å². The van der Waals surface area contributed by atoms with E-state index in [-0.39, 0.29) is 43.2 Å². The largest absolute Gasteiger partial charge is 0.469 e. The van der Waals surface area contributed by atoms with E-state index in [1.807, 2.05) is 24.3 Å². The molecule has 2 N–H and O–H groups in total. The van der Waals surface area contributed by atoms with Crippen LogP contribution in [0.15, 0.2) is 28.7 Å². The van der Waals surface area contributed by atoms with Crippen LogP contribution < -0.4 is 5.73 Å². The minimum absolute atomic E-state index is 0. The number of rotatable bonds is 3. The van der Waals surface area contributed by atoms with Crippen molar-refractivity contribution in [1.29, 1.82) is 0 Å². The van der Waals surface area contributed by atoms with Crippen molar-refractivity contribution < 1.29 is 9.53 Å². The maximum Gasteiger partial charge on any atom is 0.307 e. The maximum atomic E-state index is 11.0. The molecule has 0 aliphatic heterocycles. The number of nitrogens with two attached hydrogens (primary N) is 1. The van der Waals surface area contributed by atoms with Crippen molar-refractivity contribution in [2.75, 3.05) is 7.11 Å². The molecule has 0 aliphatic rings. The van der Waals surface area contributed by atoms with Crippen molar-refractivity contribution in [2.24, 2.45) is 5.73 Å². The molecule has 0 radical (unpaired) electrons. The Hall–Kier alpha value is -0.290. The third kappa shape index (κ3) is 5.70. The summed E-state index contributed by atoms with van der Waals surface area (Å²) >= 11 is 3.33. The van der Waals surface area contributed by atoms with Crippen LogP contribution in [0, 0.1) is 0 Å². The van der Waals surface area contributed by atoms with Gasteiger partial charge in [-0.2, -0.15) is 0 Å². The minimum Gasteiger partial charge on any atom is -0.469 e. The van der Waals surface area contributed by atoms with Gasteiger partial charge in [0.1, 0.15) is 0 Å². The first-order valence-electron chi connectivity index (χ1n) is 4.21. The number of methoxy groups -OCH3 is 1. The first-order valence-corrected chi connectivity index (χ1v) is 5.00. The van der Waals surface area contributed by atoms with E-state index in [1.54, 1.807) is 0 Å². The van der Waals surface area contributed by atoms with Crippen LogP contribution in [-0.4, -0.2) is 13.1 Å². The lowest BCUT2D eigenvalue weighted by atomic mass is 10.1. The third-order valence-corrected chi connectivity index (χ3v) is 2.44. The van der Waals surface area contributed by atoms with Gasteiger partial charge in [-0.3, -0.25) is 4.79 Å². The molecule has 1 aromatic carbocycles. The Morgan fingerprint density at radius 3 is 2.31 bits per heavy atom. The van der Waals surface area contributed by atoms with Gasteiger partial charge in [-0.1, -0.05) is 28.1 Å². The average Bonchev–Trinajstić information content (AvgIpc) is 2.18. The van der Waals surface area contributed by atoms with Gasteiger partial charge in [-0.15, -0.1) is 24.8 Å². The molecule has 0 spiro atoms. The van der Waals surface area contributed by atoms with Gasteiger partial charge < -0.3 is 10.5 Å². The number of hydrogen-bond donors (Lipinski definition) is 1. The Kier molecular flexibility index (Phi) is 9.96. The second-order valence-electron chi connectivity index (χ2n) is 2.94. The van der Waals surface area contributed by atoms with Crippen molar-refractivity contribution in [3.05, 3.63) is 34.3 Å². The normalized spacial score (nSPS) is 10.7. The van der Waals surface area contributed by atoms with Crippen LogP contribution in [0.25, 0.3) is 0 Å². The van der Waals surface area contributed by atoms with Crippen molar-refractivity contribution in [1.82, 2.24) is 0 Å². The molecule has 16 heavy (non-hydrogen) atoms. The Labute approximate surface area is 116 Å². The standard InChI is InChI=1S/C10H12BrNO2.2ClH/c1-14-10(13)6-9(12)7-2-4-8(11)5-3-7;;/h2-5,9H,6,12H2,1H3;2*1H. The molecule has 0 saturated heterocycles. The molecule has 6 heteroatoms. The van der Waals surface area contributed by atoms with E-state index < -0.39 is 0 Å². The van der Waals surface area contributed by atoms with Gasteiger partial charge in [0.25, 0.3) is 0 Å². The van der Waals surface area contributed by atoms with Crippen molar-refractivity contribution in [3.63, 3.8) is 0 Å². The molecule has 0 amide bonds. The van der Waals surface area contributed by atoms with E-state index in [0.717, 1.165) is 10.0 Å². The van der Waals surface area contributed by atoms with Gasteiger partial charge in [0.2, 0.25) is 0 Å². The molecule has 0 fully saturated rings.